The molecule has 1 aromatic rings. The summed E-state index contributed by atoms with van der Waals surface area (Å²) < 4.78 is 0.936. The quantitative estimate of drug-likeness (QED) is 0.815. The van der Waals surface area contributed by atoms with Crippen LogP contribution in [0.4, 0.5) is 0 Å². The second-order valence-electron chi connectivity index (χ2n) is 2.78. The summed E-state index contributed by atoms with van der Waals surface area (Å²) in [5, 5.41) is 9.52. The van der Waals surface area contributed by atoms with Crippen LogP contribution in [0.15, 0.2) is 16.6 Å². The van der Waals surface area contributed by atoms with Gasteiger partial charge >= 0.3 is 0 Å². The van der Waals surface area contributed by atoms with Gasteiger partial charge in [-0.05, 0) is 37.6 Å². The molecule has 0 aliphatic carbocycles. The Bertz CT molecular complexity index is 263. The number of aryl methyl sites for hydroxylation is 1. The van der Waals surface area contributed by atoms with Crippen LogP contribution >= 0.6 is 15.9 Å². The lowest BCUT2D eigenvalue weighted by molar-refractivity contribution is 0.467. The molecule has 0 atom stereocenters. The van der Waals surface area contributed by atoms with Gasteiger partial charge in [-0.25, -0.2) is 0 Å². The fraction of sp³-hybridized carbons (Fsp3) is 0.333. The largest absolute Gasteiger partial charge is 0.508 e. The number of hydrogen-bond acceptors (Lipinski definition) is 2. The Morgan fingerprint density at radius 1 is 1.50 bits per heavy atom. The maximum atomic E-state index is 9.52. The van der Waals surface area contributed by atoms with E-state index >= 15 is 0 Å². The number of rotatable bonds is 2. The van der Waals surface area contributed by atoms with Gasteiger partial charge in [0.25, 0.3) is 0 Å². The van der Waals surface area contributed by atoms with Gasteiger partial charge in [-0.15, -0.1) is 0 Å². The molecule has 66 valence electrons. The highest BCUT2D eigenvalue weighted by atomic mass is 79.9. The number of hydrogen-bond donors (Lipinski definition) is 2. The van der Waals surface area contributed by atoms with E-state index in [-0.39, 0.29) is 0 Å². The molecular formula is C9H12BrNO. The van der Waals surface area contributed by atoms with Crippen molar-refractivity contribution in [1.82, 2.24) is 0 Å². The highest BCUT2D eigenvalue weighted by Gasteiger charge is 2.05. The minimum atomic E-state index is 0.326. The zero-order chi connectivity index (χ0) is 9.14. The molecule has 12 heavy (non-hydrogen) atoms. The number of aromatic hydroxyl groups is 1. The van der Waals surface area contributed by atoms with Crippen molar-refractivity contribution in [3.63, 3.8) is 0 Å². The average molecular weight is 230 g/mol. The predicted octanol–water partition coefficient (Wildman–Crippen LogP) is 1.96. The Kier molecular flexibility index (Phi) is 3.12. The molecular weight excluding hydrogens is 218 g/mol. The third-order valence-corrected chi connectivity index (χ3v) is 2.42. The van der Waals surface area contributed by atoms with Crippen LogP contribution in [0.1, 0.15) is 11.1 Å². The van der Waals surface area contributed by atoms with E-state index in [9.17, 15) is 5.11 Å². The molecule has 2 nitrogen and oxygen atoms in total. The van der Waals surface area contributed by atoms with E-state index in [4.69, 9.17) is 5.73 Å². The van der Waals surface area contributed by atoms with Crippen LogP contribution in [0.25, 0.3) is 0 Å². The van der Waals surface area contributed by atoms with Gasteiger partial charge in [-0.3, -0.25) is 0 Å². The zero-order valence-electron chi connectivity index (χ0n) is 6.97. The fourth-order valence-corrected chi connectivity index (χ4v) is 1.91. The molecule has 1 rings (SSSR count). The number of nitrogens with two attached hydrogens (primary N) is 1. The van der Waals surface area contributed by atoms with Crippen LogP contribution in [0, 0.1) is 6.92 Å². The first-order chi connectivity index (χ1) is 5.65. The van der Waals surface area contributed by atoms with Gasteiger partial charge in [0.2, 0.25) is 0 Å². The van der Waals surface area contributed by atoms with E-state index in [1.54, 1.807) is 6.07 Å². The summed E-state index contributed by atoms with van der Waals surface area (Å²) in [6.07, 6.45) is 0.701. The Labute approximate surface area is 80.5 Å². The van der Waals surface area contributed by atoms with Crippen molar-refractivity contribution in [1.29, 1.82) is 0 Å². The monoisotopic (exact) mass is 229 g/mol. The highest BCUT2D eigenvalue weighted by molar-refractivity contribution is 9.10. The van der Waals surface area contributed by atoms with Crippen LogP contribution in [0.3, 0.4) is 0 Å². The lowest BCUT2D eigenvalue weighted by Crippen LogP contribution is -2.03. The number of phenolic OH excluding ortho intramolecular Hbond substituents is 1. The van der Waals surface area contributed by atoms with E-state index in [1.165, 1.54) is 0 Å². The van der Waals surface area contributed by atoms with Gasteiger partial charge in [-0.1, -0.05) is 15.9 Å². The molecule has 0 heterocycles. The van der Waals surface area contributed by atoms with E-state index < -0.39 is 0 Å². The molecule has 0 aromatic heterocycles. The lowest BCUT2D eigenvalue weighted by Gasteiger charge is -2.06. The molecule has 0 bridgehead atoms. The van der Waals surface area contributed by atoms with Gasteiger partial charge in [0, 0.05) is 10.0 Å². The van der Waals surface area contributed by atoms with Crippen LogP contribution in [-0.2, 0) is 6.42 Å². The summed E-state index contributed by atoms with van der Waals surface area (Å²) in [6, 6.07) is 3.72. The molecule has 1 aromatic carbocycles. The number of benzene rings is 1. The number of halogens is 1. The fourth-order valence-electron chi connectivity index (χ4n) is 1.15. The van der Waals surface area contributed by atoms with Crippen molar-refractivity contribution in [3.8, 4) is 5.75 Å². The van der Waals surface area contributed by atoms with Crippen LogP contribution in [-0.4, -0.2) is 11.7 Å². The van der Waals surface area contributed by atoms with Gasteiger partial charge in [0.05, 0.1) is 0 Å². The second kappa shape index (κ2) is 3.92. The Balaban J connectivity index is 3.10. The standard InChI is InChI=1S/C9H12BrNO/c1-6-4-8(10)7(2-3-11)9(12)5-6/h4-5,12H,2-3,11H2,1H3. The van der Waals surface area contributed by atoms with Crippen molar-refractivity contribution in [2.75, 3.05) is 6.54 Å². The van der Waals surface area contributed by atoms with Gasteiger partial charge in [0.1, 0.15) is 5.75 Å². The molecule has 0 aliphatic rings. The zero-order valence-corrected chi connectivity index (χ0v) is 8.56. The minimum absolute atomic E-state index is 0.326. The smallest absolute Gasteiger partial charge is 0.120 e. The Morgan fingerprint density at radius 2 is 2.17 bits per heavy atom. The summed E-state index contributed by atoms with van der Waals surface area (Å²) in [6.45, 7) is 2.49. The molecule has 0 saturated heterocycles. The molecule has 0 saturated carbocycles. The number of phenols is 1. The Hall–Kier alpha value is -0.540. The predicted molar refractivity (Wildman–Crippen MR) is 53.3 cm³/mol. The summed E-state index contributed by atoms with van der Waals surface area (Å²) in [5.41, 5.74) is 7.34. The topological polar surface area (TPSA) is 46.2 Å². The maximum absolute atomic E-state index is 9.52. The third kappa shape index (κ3) is 1.99. The molecule has 0 amide bonds. The van der Waals surface area contributed by atoms with Crippen molar-refractivity contribution in [2.45, 2.75) is 13.3 Å². The van der Waals surface area contributed by atoms with Gasteiger partial charge in [-0.2, -0.15) is 0 Å². The molecule has 0 aliphatic heterocycles. The average Bonchev–Trinajstić information content (AvgIpc) is 1.96. The van der Waals surface area contributed by atoms with Crippen molar-refractivity contribution < 1.29 is 5.11 Å². The van der Waals surface area contributed by atoms with E-state index in [1.807, 2.05) is 13.0 Å². The first kappa shape index (κ1) is 9.55. The summed E-state index contributed by atoms with van der Waals surface area (Å²) >= 11 is 3.38. The van der Waals surface area contributed by atoms with Crippen LogP contribution in [0.5, 0.6) is 5.75 Å². The summed E-state index contributed by atoms with van der Waals surface area (Å²) in [5.74, 6) is 0.326. The molecule has 0 radical (unpaired) electrons. The second-order valence-corrected chi connectivity index (χ2v) is 3.64. The molecule has 0 spiro atoms. The first-order valence-electron chi connectivity index (χ1n) is 3.83. The van der Waals surface area contributed by atoms with E-state index in [2.05, 4.69) is 15.9 Å². The lowest BCUT2D eigenvalue weighted by atomic mass is 10.1. The van der Waals surface area contributed by atoms with Crippen molar-refractivity contribution in [2.24, 2.45) is 5.73 Å². The molecule has 0 fully saturated rings. The molecule has 3 N–H and O–H groups in total. The summed E-state index contributed by atoms with van der Waals surface area (Å²) in [7, 11) is 0. The van der Waals surface area contributed by atoms with Crippen LogP contribution < -0.4 is 5.73 Å². The first-order valence-corrected chi connectivity index (χ1v) is 4.62. The van der Waals surface area contributed by atoms with E-state index in [0.717, 1.165) is 15.6 Å². The third-order valence-electron chi connectivity index (χ3n) is 1.71. The normalized spacial score (nSPS) is 10.2. The summed E-state index contributed by atoms with van der Waals surface area (Å²) in [4.78, 5) is 0. The highest BCUT2D eigenvalue weighted by Crippen LogP contribution is 2.27. The van der Waals surface area contributed by atoms with E-state index in [0.29, 0.717) is 18.7 Å². The van der Waals surface area contributed by atoms with Gasteiger partial charge in [0.15, 0.2) is 0 Å². The molecule has 0 unspecified atom stereocenters. The van der Waals surface area contributed by atoms with Crippen molar-refractivity contribution in [3.05, 3.63) is 27.7 Å². The van der Waals surface area contributed by atoms with Gasteiger partial charge < -0.3 is 10.8 Å². The maximum Gasteiger partial charge on any atom is 0.120 e. The SMILES string of the molecule is Cc1cc(O)c(CCN)c(Br)c1. The molecule has 3 heteroatoms. The minimum Gasteiger partial charge on any atom is -0.508 e. The Morgan fingerprint density at radius 3 is 2.67 bits per heavy atom. The van der Waals surface area contributed by atoms with Crippen LogP contribution in [0.2, 0.25) is 0 Å². The van der Waals surface area contributed by atoms with Crippen molar-refractivity contribution >= 4 is 15.9 Å².